The lowest BCUT2D eigenvalue weighted by Crippen LogP contribution is -2.50. The zero-order chi connectivity index (χ0) is 14.7. The molecule has 0 spiro atoms. The minimum absolute atomic E-state index is 0.130. The van der Waals surface area contributed by atoms with Gasteiger partial charge < -0.3 is 10.6 Å². The number of carbonyl (C=O) groups excluding carboxylic acids is 1. The van der Waals surface area contributed by atoms with Gasteiger partial charge >= 0.3 is 0 Å². The van der Waals surface area contributed by atoms with Crippen molar-refractivity contribution in [1.82, 2.24) is 9.80 Å². The quantitative estimate of drug-likeness (QED) is 0.904. The van der Waals surface area contributed by atoms with Crippen molar-refractivity contribution in [3.8, 4) is 0 Å². The maximum atomic E-state index is 12.4. The number of piperazine rings is 1. The van der Waals surface area contributed by atoms with Gasteiger partial charge in [-0.05, 0) is 36.2 Å². The predicted molar refractivity (Wildman–Crippen MR) is 86.1 cm³/mol. The van der Waals surface area contributed by atoms with Crippen LogP contribution in [0.4, 0.5) is 0 Å². The Kier molecular flexibility index (Phi) is 4.62. The molecule has 0 radical (unpaired) electrons. The van der Waals surface area contributed by atoms with E-state index >= 15 is 0 Å². The first-order valence-corrected chi connectivity index (χ1v) is 8.81. The van der Waals surface area contributed by atoms with Crippen LogP contribution in [0.1, 0.15) is 30.6 Å². The van der Waals surface area contributed by atoms with Crippen LogP contribution < -0.4 is 5.73 Å². The van der Waals surface area contributed by atoms with Crippen molar-refractivity contribution in [2.75, 3.05) is 32.7 Å². The van der Waals surface area contributed by atoms with Crippen molar-refractivity contribution in [2.24, 2.45) is 11.1 Å². The molecule has 2 aliphatic rings. The third-order valence-corrected chi connectivity index (χ3v) is 5.92. The summed E-state index contributed by atoms with van der Waals surface area (Å²) >= 11 is 1.81. The van der Waals surface area contributed by atoms with Crippen molar-refractivity contribution < 1.29 is 4.79 Å². The summed E-state index contributed by atoms with van der Waals surface area (Å²) in [5, 5.41) is 2.12. The van der Waals surface area contributed by atoms with Crippen molar-refractivity contribution in [1.29, 1.82) is 0 Å². The molecule has 1 aromatic rings. The van der Waals surface area contributed by atoms with Crippen LogP contribution in [0.25, 0.3) is 0 Å². The van der Waals surface area contributed by atoms with Gasteiger partial charge in [0.15, 0.2) is 0 Å². The van der Waals surface area contributed by atoms with Crippen LogP contribution >= 0.6 is 11.3 Å². The highest BCUT2D eigenvalue weighted by atomic mass is 32.1. The minimum atomic E-state index is 0.130. The van der Waals surface area contributed by atoms with E-state index in [1.165, 1.54) is 11.3 Å². The smallest absolute Gasteiger partial charge is 0.223 e. The molecular weight excluding hydrogens is 282 g/mol. The molecule has 116 valence electrons. The Morgan fingerprint density at radius 3 is 2.57 bits per heavy atom. The van der Waals surface area contributed by atoms with Crippen LogP contribution in [0.5, 0.6) is 0 Å². The summed E-state index contributed by atoms with van der Waals surface area (Å²) in [6, 6.07) is 4.29. The standard InChI is InChI=1S/C16H25N3OS/c17-13-16(4-2-5-16)11-15(20)19-8-6-18(7-9-19)12-14-3-1-10-21-14/h1,3,10H,2,4-9,11-13,17H2. The van der Waals surface area contributed by atoms with Gasteiger partial charge in [-0.15, -0.1) is 11.3 Å². The molecule has 1 aliphatic carbocycles. The van der Waals surface area contributed by atoms with Gasteiger partial charge in [0, 0.05) is 44.0 Å². The van der Waals surface area contributed by atoms with Crippen LogP contribution in [0.15, 0.2) is 17.5 Å². The van der Waals surface area contributed by atoms with Gasteiger partial charge in [0.25, 0.3) is 0 Å². The first-order chi connectivity index (χ1) is 10.2. The summed E-state index contributed by atoms with van der Waals surface area (Å²) in [7, 11) is 0. The van der Waals surface area contributed by atoms with Crippen molar-refractivity contribution in [2.45, 2.75) is 32.2 Å². The first kappa shape index (κ1) is 15.0. The van der Waals surface area contributed by atoms with E-state index in [0.29, 0.717) is 18.9 Å². The van der Waals surface area contributed by atoms with Gasteiger partial charge in [0.05, 0.1) is 0 Å². The summed E-state index contributed by atoms with van der Waals surface area (Å²) < 4.78 is 0. The van der Waals surface area contributed by atoms with E-state index in [1.807, 2.05) is 16.2 Å². The van der Waals surface area contributed by atoms with E-state index in [2.05, 4.69) is 22.4 Å². The van der Waals surface area contributed by atoms with E-state index in [-0.39, 0.29) is 5.41 Å². The average Bonchev–Trinajstić information content (AvgIpc) is 2.96. The molecule has 0 atom stereocenters. The molecule has 1 saturated heterocycles. The molecule has 21 heavy (non-hydrogen) atoms. The van der Waals surface area contributed by atoms with Crippen molar-refractivity contribution in [3.63, 3.8) is 0 Å². The van der Waals surface area contributed by atoms with E-state index in [9.17, 15) is 4.79 Å². The fraction of sp³-hybridized carbons (Fsp3) is 0.688. The average molecular weight is 307 g/mol. The number of amides is 1. The fourth-order valence-electron chi connectivity index (χ4n) is 3.34. The molecule has 1 saturated carbocycles. The molecule has 1 aromatic heterocycles. The van der Waals surface area contributed by atoms with Crippen LogP contribution in [0.2, 0.25) is 0 Å². The third kappa shape index (κ3) is 3.47. The molecule has 1 aliphatic heterocycles. The molecule has 5 heteroatoms. The molecule has 2 fully saturated rings. The van der Waals surface area contributed by atoms with E-state index in [0.717, 1.165) is 45.6 Å². The molecule has 0 unspecified atom stereocenters. The maximum Gasteiger partial charge on any atom is 0.223 e. The number of hydrogen-bond donors (Lipinski definition) is 1. The number of thiophene rings is 1. The summed E-state index contributed by atoms with van der Waals surface area (Å²) in [6.07, 6.45) is 4.16. The first-order valence-electron chi connectivity index (χ1n) is 7.93. The van der Waals surface area contributed by atoms with Gasteiger partial charge in [0.2, 0.25) is 5.91 Å². The Morgan fingerprint density at radius 1 is 1.29 bits per heavy atom. The second kappa shape index (κ2) is 6.46. The molecule has 1 amide bonds. The SMILES string of the molecule is NCC1(CC(=O)N2CCN(Cc3cccs3)CC2)CCC1. The van der Waals surface area contributed by atoms with Crippen LogP contribution in [0, 0.1) is 5.41 Å². The summed E-state index contributed by atoms with van der Waals surface area (Å²) in [4.78, 5) is 18.3. The molecule has 2 N–H and O–H groups in total. The lowest BCUT2D eigenvalue weighted by atomic mass is 9.66. The topological polar surface area (TPSA) is 49.6 Å². The zero-order valence-corrected chi connectivity index (χ0v) is 13.4. The number of nitrogens with zero attached hydrogens (tertiary/aromatic N) is 2. The minimum Gasteiger partial charge on any atom is -0.340 e. The normalized spacial score (nSPS) is 22.0. The highest BCUT2D eigenvalue weighted by Crippen LogP contribution is 2.43. The molecular formula is C16H25N3OS. The van der Waals surface area contributed by atoms with Crippen LogP contribution in [0.3, 0.4) is 0 Å². The van der Waals surface area contributed by atoms with Crippen molar-refractivity contribution >= 4 is 17.2 Å². The summed E-state index contributed by atoms with van der Waals surface area (Å²) in [5.74, 6) is 0.316. The summed E-state index contributed by atoms with van der Waals surface area (Å²) in [5.41, 5.74) is 6.00. The summed E-state index contributed by atoms with van der Waals surface area (Å²) in [6.45, 7) is 5.39. The van der Waals surface area contributed by atoms with E-state index in [1.54, 1.807) is 0 Å². The molecule has 0 aromatic carbocycles. The second-order valence-corrected chi connectivity index (χ2v) is 7.50. The van der Waals surface area contributed by atoms with Crippen molar-refractivity contribution in [3.05, 3.63) is 22.4 Å². The lowest BCUT2D eigenvalue weighted by molar-refractivity contribution is -0.136. The number of hydrogen-bond acceptors (Lipinski definition) is 4. The maximum absolute atomic E-state index is 12.4. The van der Waals surface area contributed by atoms with Gasteiger partial charge in [-0.3, -0.25) is 9.69 Å². The third-order valence-electron chi connectivity index (χ3n) is 5.06. The molecule has 4 nitrogen and oxygen atoms in total. The van der Waals surface area contributed by atoms with E-state index in [4.69, 9.17) is 5.73 Å². The van der Waals surface area contributed by atoms with Gasteiger partial charge in [0.1, 0.15) is 0 Å². The lowest BCUT2D eigenvalue weighted by Gasteiger charge is -2.42. The van der Waals surface area contributed by atoms with Gasteiger partial charge in [-0.1, -0.05) is 12.5 Å². The Labute approximate surface area is 130 Å². The number of rotatable bonds is 5. The van der Waals surface area contributed by atoms with Crippen LogP contribution in [-0.2, 0) is 11.3 Å². The Bertz CT molecular complexity index is 456. The number of carbonyl (C=O) groups is 1. The molecule has 0 bridgehead atoms. The highest BCUT2D eigenvalue weighted by molar-refractivity contribution is 7.09. The zero-order valence-electron chi connectivity index (χ0n) is 12.6. The monoisotopic (exact) mass is 307 g/mol. The van der Waals surface area contributed by atoms with Crippen LogP contribution in [-0.4, -0.2) is 48.4 Å². The molecule has 2 heterocycles. The second-order valence-electron chi connectivity index (χ2n) is 6.47. The highest BCUT2D eigenvalue weighted by Gasteiger charge is 2.38. The van der Waals surface area contributed by atoms with Gasteiger partial charge in [-0.2, -0.15) is 0 Å². The largest absolute Gasteiger partial charge is 0.340 e. The van der Waals surface area contributed by atoms with Gasteiger partial charge in [-0.25, -0.2) is 0 Å². The Morgan fingerprint density at radius 2 is 2.05 bits per heavy atom. The fourth-order valence-corrected chi connectivity index (χ4v) is 4.09. The number of nitrogens with two attached hydrogens (primary N) is 1. The molecule has 3 rings (SSSR count). The Balaban J connectivity index is 1.45. The predicted octanol–water partition coefficient (Wildman–Crippen LogP) is 1.91. The van der Waals surface area contributed by atoms with E-state index < -0.39 is 0 Å². The Hall–Kier alpha value is -0.910.